The summed E-state index contributed by atoms with van der Waals surface area (Å²) in [5.74, 6) is 0. The van der Waals surface area contributed by atoms with Crippen molar-refractivity contribution in [1.82, 2.24) is 0 Å². The van der Waals surface area contributed by atoms with E-state index in [0.717, 1.165) is 4.90 Å². The van der Waals surface area contributed by atoms with Gasteiger partial charge in [-0.25, -0.2) is 0 Å². The molecule has 0 heterocycles. The molecule has 2 aromatic carbocycles. The molecule has 0 N–H and O–H groups in total. The van der Waals surface area contributed by atoms with Gasteiger partial charge in [-0.2, -0.15) is 5.26 Å². The first-order valence-electron chi connectivity index (χ1n) is 5.52. The molecule has 0 radical (unpaired) electrons. The molecule has 0 aromatic heterocycles. The van der Waals surface area contributed by atoms with Crippen LogP contribution in [0.1, 0.15) is 6.92 Å². The zero-order chi connectivity index (χ0) is 12.1. The molecule has 0 bridgehead atoms. The maximum absolute atomic E-state index is 8.89. The molecule has 1 unspecified atom stereocenters. The highest BCUT2D eigenvalue weighted by Gasteiger charge is 2.08. The second kappa shape index (κ2) is 5.56. The molecule has 84 valence electrons. The maximum Gasteiger partial charge on any atom is 0.0935 e. The van der Waals surface area contributed by atoms with Crippen LogP contribution >= 0.6 is 11.8 Å². The summed E-state index contributed by atoms with van der Waals surface area (Å²) in [5.41, 5.74) is 2.39. The van der Waals surface area contributed by atoms with Gasteiger partial charge in [0.2, 0.25) is 0 Å². The van der Waals surface area contributed by atoms with E-state index in [4.69, 9.17) is 5.26 Å². The monoisotopic (exact) mass is 239 g/mol. The molecule has 0 fully saturated rings. The number of hydrogen-bond acceptors (Lipinski definition) is 2. The van der Waals surface area contributed by atoms with Crippen molar-refractivity contribution in [2.45, 2.75) is 17.1 Å². The van der Waals surface area contributed by atoms with Crippen molar-refractivity contribution in [3.8, 4) is 17.2 Å². The summed E-state index contributed by atoms with van der Waals surface area (Å²) in [6.45, 7) is 1.92. The largest absolute Gasteiger partial charge is 0.197 e. The van der Waals surface area contributed by atoms with Gasteiger partial charge in [0.25, 0.3) is 0 Å². The molecule has 0 aliphatic heterocycles. The van der Waals surface area contributed by atoms with Crippen molar-refractivity contribution in [2.24, 2.45) is 0 Å². The predicted octanol–water partition coefficient (Wildman–Crippen LogP) is 4.36. The van der Waals surface area contributed by atoms with E-state index in [9.17, 15) is 0 Å². The molecule has 2 rings (SSSR count). The van der Waals surface area contributed by atoms with E-state index < -0.39 is 0 Å². The van der Waals surface area contributed by atoms with Crippen LogP contribution in [0, 0.1) is 11.3 Å². The zero-order valence-electron chi connectivity index (χ0n) is 9.63. The Balaban J connectivity index is 2.38. The van der Waals surface area contributed by atoms with Gasteiger partial charge in [0, 0.05) is 4.90 Å². The molecule has 0 aliphatic carbocycles. The van der Waals surface area contributed by atoms with Crippen molar-refractivity contribution in [3.05, 3.63) is 54.6 Å². The van der Waals surface area contributed by atoms with Crippen molar-refractivity contribution in [2.75, 3.05) is 0 Å². The van der Waals surface area contributed by atoms with E-state index in [0.29, 0.717) is 0 Å². The van der Waals surface area contributed by atoms with Gasteiger partial charge in [0.15, 0.2) is 0 Å². The average molecular weight is 239 g/mol. The standard InChI is InChI=1S/C15H13NS/c1-12(11-16)17-15-10-6-5-9-14(15)13-7-3-2-4-8-13/h2-10,12H,1H3. The lowest BCUT2D eigenvalue weighted by atomic mass is 10.1. The summed E-state index contributed by atoms with van der Waals surface area (Å²) in [7, 11) is 0. The molecule has 0 saturated carbocycles. The van der Waals surface area contributed by atoms with Crippen LogP contribution < -0.4 is 0 Å². The highest BCUT2D eigenvalue weighted by Crippen LogP contribution is 2.33. The first-order valence-corrected chi connectivity index (χ1v) is 6.40. The lowest BCUT2D eigenvalue weighted by molar-refractivity contribution is 1.23. The predicted molar refractivity (Wildman–Crippen MR) is 72.8 cm³/mol. The lowest BCUT2D eigenvalue weighted by Crippen LogP contribution is -1.91. The van der Waals surface area contributed by atoms with Crippen LogP contribution in [0.25, 0.3) is 11.1 Å². The van der Waals surface area contributed by atoms with Gasteiger partial charge in [0.05, 0.1) is 11.3 Å². The van der Waals surface area contributed by atoms with E-state index in [-0.39, 0.29) is 5.25 Å². The van der Waals surface area contributed by atoms with Gasteiger partial charge in [-0.15, -0.1) is 11.8 Å². The molecule has 2 heteroatoms. The molecule has 1 atom stereocenters. The van der Waals surface area contributed by atoms with Crippen molar-refractivity contribution in [3.63, 3.8) is 0 Å². The fourth-order valence-corrected chi connectivity index (χ4v) is 2.55. The molecule has 0 saturated heterocycles. The fraction of sp³-hybridized carbons (Fsp3) is 0.133. The van der Waals surface area contributed by atoms with E-state index in [2.05, 4.69) is 30.3 Å². The number of nitriles is 1. The number of thioether (sulfide) groups is 1. The smallest absolute Gasteiger partial charge is 0.0935 e. The van der Waals surface area contributed by atoms with Gasteiger partial charge >= 0.3 is 0 Å². The van der Waals surface area contributed by atoms with Gasteiger partial charge in [-0.05, 0) is 24.1 Å². The zero-order valence-corrected chi connectivity index (χ0v) is 10.4. The van der Waals surface area contributed by atoms with Crippen LogP contribution in [0.3, 0.4) is 0 Å². The number of hydrogen-bond donors (Lipinski definition) is 0. The summed E-state index contributed by atoms with van der Waals surface area (Å²) in [6, 6.07) is 20.7. The third kappa shape index (κ3) is 2.89. The molecule has 2 aromatic rings. The maximum atomic E-state index is 8.89. The normalized spacial score (nSPS) is 11.8. The average Bonchev–Trinajstić information content (AvgIpc) is 2.40. The molecule has 1 nitrogen and oxygen atoms in total. The Bertz CT molecular complexity index is 528. The second-order valence-electron chi connectivity index (χ2n) is 3.75. The Morgan fingerprint density at radius 3 is 2.35 bits per heavy atom. The molecule has 17 heavy (non-hydrogen) atoms. The van der Waals surface area contributed by atoms with Crippen LogP contribution in [0.2, 0.25) is 0 Å². The Hall–Kier alpha value is -1.72. The quantitative estimate of drug-likeness (QED) is 0.743. The van der Waals surface area contributed by atoms with Gasteiger partial charge in [0.1, 0.15) is 0 Å². The van der Waals surface area contributed by atoms with E-state index in [1.807, 2.05) is 37.3 Å². The SMILES string of the molecule is CC(C#N)Sc1ccccc1-c1ccccc1. The topological polar surface area (TPSA) is 23.8 Å². The summed E-state index contributed by atoms with van der Waals surface area (Å²) in [6.07, 6.45) is 0. The Labute approximate surface area is 106 Å². The minimum Gasteiger partial charge on any atom is -0.197 e. The van der Waals surface area contributed by atoms with Gasteiger partial charge in [-0.1, -0.05) is 48.5 Å². The van der Waals surface area contributed by atoms with Crippen molar-refractivity contribution < 1.29 is 0 Å². The third-order valence-corrected chi connectivity index (χ3v) is 3.53. The summed E-state index contributed by atoms with van der Waals surface area (Å²) < 4.78 is 0. The van der Waals surface area contributed by atoms with Crippen molar-refractivity contribution in [1.29, 1.82) is 5.26 Å². The van der Waals surface area contributed by atoms with Gasteiger partial charge < -0.3 is 0 Å². The summed E-state index contributed by atoms with van der Waals surface area (Å²) in [5, 5.41) is 8.86. The van der Waals surface area contributed by atoms with Gasteiger partial charge in [-0.3, -0.25) is 0 Å². The molecule has 0 amide bonds. The van der Waals surface area contributed by atoms with E-state index in [1.54, 1.807) is 11.8 Å². The Morgan fingerprint density at radius 1 is 1.00 bits per heavy atom. The van der Waals surface area contributed by atoms with Crippen LogP contribution in [-0.2, 0) is 0 Å². The minimum atomic E-state index is -0.0279. The number of benzene rings is 2. The first kappa shape index (κ1) is 11.8. The minimum absolute atomic E-state index is 0.0279. The Kier molecular flexibility index (Phi) is 3.85. The van der Waals surface area contributed by atoms with Crippen molar-refractivity contribution >= 4 is 11.8 Å². The highest BCUT2D eigenvalue weighted by atomic mass is 32.2. The lowest BCUT2D eigenvalue weighted by Gasteiger charge is -2.09. The van der Waals surface area contributed by atoms with E-state index in [1.165, 1.54) is 11.1 Å². The number of rotatable bonds is 3. The first-order chi connectivity index (χ1) is 8.31. The van der Waals surface area contributed by atoms with Crippen LogP contribution in [0.4, 0.5) is 0 Å². The molecular formula is C15H13NS. The van der Waals surface area contributed by atoms with Crippen LogP contribution in [0.15, 0.2) is 59.5 Å². The summed E-state index contributed by atoms with van der Waals surface area (Å²) in [4.78, 5) is 1.16. The molecular weight excluding hydrogens is 226 g/mol. The summed E-state index contributed by atoms with van der Waals surface area (Å²) >= 11 is 1.60. The fourth-order valence-electron chi connectivity index (χ4n) is 1.64. The Morgan fingerprint density at radius 2 is 1.65 bits per heavy atom. The molecule has 0 spiro atoms. The van der Waals surface area contributed by atoms with E-state index >= 15 is 0 Å². The van der Waals surface area contributed by atoms with Crippen LogP contribution in [0.5, 0.6) is 0 Å². The number of nitrogens with zero attached hydrogens (tertiary/aromatic N) is 1. The highest BCUT2D eigenvalue weighted by molar-refractivity contribution is 8.00. The molecule has 0 aliphatic rings. The third-order valence-electron chi connectivity index (χ3n) is 2.46. The second-order valence-corrected chi connectivity index (χ2v) is 5.13. The van der Waals surface area contributed by atoms with Crippen LogP contribution in [-0.4, -0.2) is 5.25 Å².